The molecule has 0 aliphatic carbocycles. The number of carbonyl (C=O) groups is 1. The largest absolute Gasteiger partial charge is 0.383 e. The summed E-state index contributed by atoms with van der Waals surface area (Å²) in [5.41, 5.74) is 9.79. The van der Waals surface area contributed by atoms with E-state index in [2.05, 4.69) is 31.2 Å². The van der Waals surface area contributed by atoms with Crippen molar-refractivity contribution in [2.24, 2.45) is 5.73 Å². The van der Waals surface area contributed by atoms with Crippen LogP contribution in [0.2, 0.25) is 0 Å². The summed E-state index contributed by atoms with van der Waals surface area (Å²) in [7, 11) is 0. The molecule has 1 heterocycles. The van der Waals surface area contributed by atoms with E-state index in [0.29, 0.717) is 10.4 Å². The fraction of sp³-hybridized carbons (Fsp3) is 0.375. The van der Waals surface area contributed by atoms with Gasteiger partial charge in [-0.1, -0.05) is 0 Å². The first-order chi connectivity index (χ1) is 6.81. The lowest BCUT2D eigenvalue weighted by molar-refractivity contribution is -0.121. The zero-order chi connectivity index (χ0) is 11.6. The molecule has 1 rings (SSSR count). The van der Waals surface area contributed by atoms with Crippen molar-refractivity contribution >= 4 is 33.6 Å². The van der Waals surface area contributed by atoms with Crippen LogP contribution < -0.4 is 16.8 Å². The monoisotopic (exact) mass is 273 g/mol. The number of anilines is 2. The highest BCUT2D eigenvalue weighted by Crippen LogP contribution is 2.15. The van der Waals surface area contributed by atoms with Crippen LogP contribution in [-0.2, 0) is 4.79 Å². The van der Waals surface area contributed by atoms with Crippen molar-refractivity contribution < 1.29 is 4.79 Å². The number of aromatic nitrogens is 2. The Labute approximate surface area is 95.6 Å². The van der Waals surface area contributed by atoms with Crippen molar-refractivity contribution in [3.63, 3.8) is 0 Å². The number of nitrogen functional groups attached to an aromatic ring is 1. The molecule has 1 amide bonds. The Bertz CT molecular complexity index is 372. The Morgan fingerprint density at radius 1 is 1.53 bits per heavy atom. The standard InChI is InChI=1S/C8H12BrN5O/c1-8(2,6(11)15)14-7-12-4(9)3-5(10)13-7/h3H,1-2H3,(H2,11,15)(H3,10,12,13,14). The average Bonchev–Trinajstić information content (AvgIpc) is 1.99. The van der Waals surface area contributed by atoms with Gasteiger partial charge in [0.15, 0.2) is 0 Å². The zero-order valence-electron chi connectivity index (χ0n) is 8.41. The summed E-state index contributed by atoms with van der Waals surface area (Å²) in [5, 5.41) is 2.79. The van der Waals surface area contributed by atoms with Crippen LogP contribution in [0.4, 0.5) is 11.8 Å². The molecule has 0 spiro atoms. The number of primary amides is 1. The van der Waals surface area contributed by atoms with Crippen LogP contribution >= 0.6 is 15.9 Å². The maximum atomic E-state index is 11.1. The number of rotatable bonds is 3. The third kappa shape index (κ3) is 3.05. The first-order valence-electron chi connectivity index (χ1n) is 4.19. The lowest BCUT2D eigenvalue weighted by Gasteiger charge is -2.22. The third-order valence-electron chi connectivity index (χ3n) is 1.76. The Balaban J connectivity index is 2.94. The van der Waals surface area contributed by atoms with Crippen molar-refractivity contribution in [2.75, 3.05) is 11.1 Å². The molecule has 5 N–H and O–H groups in total. The van der Waals surface area contributed by atoms with E-state index in [0.717, 1.165) is 0 Å². The van der Waals surface area contributed by atoms with Gasteiger partial charge in [-0.2, -0.15) is 4.98 Å². The van der Waals surface area contributed by atoms with Crippen LogP contribution in [0.15, 0.2) is 10.7 Å². The molecule has 0 radical (unpaired) electrons. The topological polar surface area (TPSA) is 107 Å². The molecule has 1 aromatic heterocycles. The Morgan fingerprint density at radius 2 is 2.13 bits per heavy atom. The lowest BCUT2D eigenvalue weighted by atomic mass is 10.1. The quantitative estimate of drug-likeness (QED) is 0.695. The SMILES string of the molecule is CC(C)(Nc1nc(N)cc(Br)n1)C(N)=O. The molecule has 0 saturated carbocycles. The summed E-state index contributed by atoms with van der Waals surface area (Å²) in [6.45, 7) is 3.27. The molecule has 0 unspecified atom stereocenters. The van der Waals surface area contributed by atoms with Crippen molar-refractivity contribution in [3.8, 4) is 0 Å². The number of carbonyl (C=O) groups excluding carboxylic acids is 1. The van der Waals surface area contributed by atoms with Gasteiger partial charge in [-0.05, 0) is 29.8 Å². The number of hydrogen-bond acceptors (Lipinski definition) is 5. The second-order valence-corrected chi connectivity index (χ2v) is 4.37. The van der Waals surface area contributed by atoms with Crippen LogP contribution in [0.3, 0.4) is 0 Å². The normalized spacial score (nSPS) is 11.1. The minimum absolute atomic E-state index is 0.255. The molecule has 0 bridgehead atoms. The van der Waals surface area contributed by atoms with Gasteiger partial charge < -0.3 is 16.8 Å². The molecule has 0 fully saturated rings. The van der Waals surface area contributed by atoms with E-state index in [1.165, 1.54) is 0 Å². The van der Waals surface area contributed by atoms with Gasteiger partial charge in [0.05, 0.1) is 0 Å². The van der Waals surface area contributed by atoms with Gasteiger partial charge >= 0.3 is 0 Å². The van der Waals surface area contributed by atoms with E-state index in [4.69, 9.17) is 11.5 Å². The minimum Gasteiger partial charge on any atom is -0.383 e. The van der Waals surface area contributed by atoms with E-state index in [1.807, 2.05) is 0 Å². The van der Waals surface area contributed by atoms with E-state index in [1.54, 1.807) is 19.9 Å². The highest BCUT2D eigenvalue weighted by atomic mass is 79.9. The predicted octanol–water partition coefficient (Wildman–Crippen LogP) is 0.497. The Kier molecular flexibility index (Phi) is 3.13. The van der Waals surface area contributed by atoms with Gasteiger partial charge in [-0.3, -0.25) is 4.79 Å². The fourth-order valence-corrected chi connectivity index (χ4v) is 1.23. The van der Waals surface area contributed by atoms with Gasteiger partial charge in [-0.15, -0.1) is 0 Å². The first-order valence-corrected chi connectivity index (χ1v) is 4.99. The van der Waals surface area contributed by atoms with Gasteiger partial charge in [-0.25, -0.2) is 4.98 Å². The molecule has 15 heavy (non-hydrogen) atoms. The first kappa shape index (κ1) is 11.7. The third-order valence-corrected chi connectivity index (χ3v) is 2.16. The molecule has 6 nitrogen and oxygen atoms in total. The molecule has 0 saturated heterocycles. The molecule has 0 atom stereocenters. The number of hydrogen-bond donors (Lipinski definition) is 3. The number of nitrogens with zero attached hydrogens (tertiary/aromatic N) is 2. The second kappa shape index (κ2) is 4.01. The van der Waals surface area contributed by atoms with Crippen LogP contribution in [-0.4, -0.2) is 21.4 Å². The molecule has 0 aliphatic heterocycles. The van der Waals surface area contributed by atoms with Crippen molar-refractivity contribution in [1.29, 1.82) is 0 Å². The van der Waals surface area contributed by atoms with Crippen molar-refractivity contribution in [3.05, 3.63) is 10.7 Å². The highest BCUT2D eigenvalue weighted by molar-refractivity contribution is 9.10. The molecular weight excluding hydrogens is 262 g/mol. The van der Waals surface area contributed by atoms with E-state index < -0.39 is 11.4 Å². The number of halogens is 1. The van der Waals surface area contributed by atoms with E-state index >= 15 is 0 Å². The average molecular weight is 274 g/mol. The smallest absolute Gasteiger partial charge is 0.242 e. The van der Waals surface area contributed by atoms with Crippen molar-refractivity contribution in [1.82, 2.24) is 9.97 Å². The Hall–Kier alpha value is -1.37. The van der Waals surface area contributed by atoms with Gasteiger partial charge in [0.1, 0.15) is 16.0 Å². The van der Waals surface area contributed by atoms with Crippen LogP contribution in [0, 0.1) is 0 Å². The molecule has 82 valence electrons. The van der Waals surface area contributed by atoms with Crippen LogP contribution in [0.5, 0.6) is 0 Å². The zero-order valence-corrected chi connectivity index (χ0v) is 10.00. The predicted molar refractivity (Wildman–Crippen MR) is 61.0 cm³/mol. The lowest BCUT2D eigenvalue weighted by Crippen LogP contribution is -2.45. The summed E-state index contributed by atoms with van der Waals surface area (Å²) in [4.78, 5) is 19.0. The number of nitrogens with two attached hydrogens (primary N) is 2. The summed E-state index contributed by atoms with van der Waals surface area (Å²) in [6.07, 6.45) is 0. The van der Waals surface area contributed by atoms with E-state index in [-0.39, 0.29) is 5.95 Å². The maximum Gasteiger partial charge on any atom is 0.242 e. The highest BCUT2D eigenvalue weighted by Gasteiger charge is 2.25. The summed E-state index contributed by atoms with van der Waals surface area (Å²) in [6, 6.07) is 1.56. The molecule has 0 aromatic carbocycles. The second-order valence-electron chi connectivity index (χ2n) is 3.55. The van der Waals surface area contributed by atoms with Gasteiger partial charge in [0.2, 0.25) is 11.9 Å². The molecule has 1 aromatic rings. The fourth-order valence-electron chi connectivity index (χ4n) is 0.832. The van der Waals surface area contributed by atoms with Gasteiger partial charge in [0, 0.05) is 6.07 Å². The number of nitrogens with one attached hydrogen (secondary N) is 1. The molecule has 7 heteroatoms. The number of amides is 1. The van der Waals surface area contributed by atoms with Crippen LogP contribution in [0.1, 0.15) is 13.8 Å². The molecular formula is C8H12BrN5O. The maximum absolute atomic E-state index is 11.1. The summed E-state index contributed by atoms with van der Waals surface area (Å²) in [5.74, 6) is 0.0648. The van der Waals surface area contributed by atoms with E-state index in [9.17, 15) is 4.79 Å². The van der Waals surface area contributed by atoms with Crippen LogP contribution in [0.25, 0.3) is 0 Å². The Morgan fingerprint density at radius 3 is 2.60 bits per heavy atom. The minimum atomic E-state index is -0.923. The van der Waals surface area contributed by atoms with Crippen molar-refractivity contribution in [2.45, 2.75) is 19.4 Å². The molecule has 0 aliphatic rings. The van der Waals surface area contributed by atoms with Gasteiger partial charge in [0.25, 0.3) is 0 Å². The summed E-state index contributed by atoms with van der Waals surface area (Å²) < 4.78 is 0.540. The summed E-state index contributed by atoms with van der Waals surface area (Å²) >= 11 is 3.17.